The molecule has 0 saturated heterocycles. The van der Waals surface area contributed by atoms with Crippen molar-refractivity contribution in [1.82, 2.24) is 0 Å². The number of hydrogen-bond acceptors (Lipinski definition) is 2. The van der Waals surface area contributed by atoms with Crippen molar-refractivity contribution in [2.75, 3.05) is 11.1 Å². The molecule has 0 spiro atoms. The van der Waals surface area contributed by atoms with E-state index >= 15 is 0 Å². The van der Waals surface area contributed by atoms with Crippen LogP contribution in [0.5, 0.6) is 0 Å². The van der Waals surface area contributed by atoms with Crippen LogP contribution in [0.3, 0.4) is 0 Å². The smallest absolute Gasteiger partial charge is 0.261 e. The van der Waals surface area contributed by atoms with E-state index in [0.29, 0.717) is 15.2 Å². The van der Waals surface area contributed by atoms with Gasteiger partial charge >= 0.3 is 0 Å². The third-order valence-electron chi connectivity index (χ3n) is 2.55. The standard InChI is InChI=1S/C13H8BrClF2N2O/c14-11-6(15)2-1-3-9(11)19-13(20)10-7(16)4-5-8(18)12(10)17/h1-5H,18H2,(H,19,20). The van der Waals surface area contributed by atoms with Crippen molar-refractivity contribution in [3.8, 4) is 0 Å². The average Bonchev–Trinajstić information content (AvgIpc) is 2.40. The van der Waals surface area contributed by atoms with Crippen LogP contribution in [0.1, 0.15) is 10.4 Å². The maximum Gasteiger partial charge on any atom is 0.261 e. The summed E-state index contributed by atoms with van der Waals surface area (Å²) in [5, 5.41) is 2.73. The number of hydrogen-bond donors (Lipinski definition) is 2. The highest BCUT2D eigenvalue weighted by Gasteiger charge is 2.20. The van der Waals surface area contributed by atoms with Gasteiger partial charge in [0, 0.05) is 0 Å². The zero-order chi connectivity index (χ0) is 14.9. The average molecular weight is 362 g/mol. The number of rotatable bonds is 2. The van der Waals surface area contributed by atoms with E-state index < -0.39 is 23.1 Å². The number of carbonyl (C=O) groups excluding carboxylic acids is 1. The SMILES string of the molecule is Nc1ccc(F)c(C(=O)Nc2cccc(Cl)c2Br)c1F. The molecule has 0 fully saturated rings. The van der Waals surface area contributed by atoms with Gasteiger partial charge in [-0.05, 0) is 40.2 Å². The number of benzene rings is 2. The Morgan fingerprint density at radius 3 is 2.65 bits per heavy atom. The lowest BCUT2D eigenvalue weighted by Crippen LogP contribution is -2.17. The zero-order valence-corrected chi connectivity index (χ0v) is 12.2. The lowest BCUT2D eigenvalue weighted by atomic mass is 10.1. The van der Waals surface area contributed by atoms with Crippen molar-refractivity contribution in [2.45, 2.75) is 0 Å². The normalized spacial score (nSPS) is 10.4. The van der Waals surface area contributed by atoms with Gasteiger partial charge in [-0.3, -0.25) is 4.79 Å². The molecule has 1 amide bonds. The highest BCUT2D eigenvalue weighted by Crippen LogP contribution is 2.30. The second-order valence-corrected chi connectivity index (χ2v) is 5.08. The van der Waals surface area contributed by atoms with Gasteiger partial charge in [-0.1, -0.05) is 17.7 Å². The van der Waals surface area contributed by atoms with Crippen LogP contribution in [-0.2, 0) is 0 Å². The Kier molecular flexibility index (Phi) is 4.25. The summed E-state index contributed by atoms with van der Waals surface area (Å²) in [6.45, 7) is 0. The molecule has 104 valence electrons. The fourth-order valence-electron chi connectivity index (χ4n) is 1.56. The molecule has 0 heterocycles. The minimum absolute atomic E-state index is 0.295. The van der Waals surface area contributed by atoms with Gasteiger partial charge in [-0.15, -0.1) is 0 Å². The van der Waals surface area contributed by atoms with Crippen LogP contribution in [0.15, 0.2) is 34.8 Å². The number of anilines is 2. The van der Waals surface area contributed by atoms with Crippen LogP contribution in [0.25, 0.3) is 0 Å². The van der Waals surface area contributed by atoms with Crippen molar-refractivity contribution < 1.29 is 13.6 Å². The van der Waals surface area contributed by atoms with Gasteiger partial charge in [-0.25, -0.2) is 8.78 Å². The molecule has 0 aromatic heterocycles. The summed E-state index contributed by atoms with van der Waals surface area (Å²) in [4.78, 5) is 12.0. The van der Waals surface area contributed by atoms with Crippen molar-refractivity contribution in [1.29, 1.82) is 0 Å². The largest absolute Gasteiger partial charge is 0.396 e. The topological polar surface area (TPSA) is 55.1 Å². The molecule has 2 aromatic carbocycles. The van der Waals surface area contributed by atoms with E-state index in [-0.39, 0.29) is 5.69 Å². The molecule has 0 aliphatic rings. The van der Waals surface area contributed by atoms with Crippen LogP contribution in [-0.4, -0.2) is 5.91 Å². The first-order valence-electron chi connectivity index (χ1n) is 5.40. The van der Waals surface area contributed by atoms with Crippen molar-refractivity contribution in [3.63, 3.8) is 0 Å². The summed E-state index contributed by atoms with van der Waals surface area (Å²) in [5.41, 5.74) is 4.57. The Bertz CT molecular complexity index is 694. The number of nitrogen functional groups attached to an aromatic ring is 1. The number of nitrogens with one attached hydrogen (secondary N) is 1. The Balaban J connectivity index is 2.39. The van der Waals surface area contributed by atoms with Crippen molar-refractivity contribution >= 4 is 44.8 Å². The van der Waals surface area contributed by atoms with E-state index in [9.17, 15) is 13.6 Å². The summed E-state index contributed by atoms with van der Waals surface area (Å²) < 4.78 is 27.7. The fourth-order valence-corrected chi connectivity index (χ4v) is 2.10. The maximum atomic E-state index is 13.7. The second kappa shape index (κ2) is 5.76. The highest BCUT2D eigenvalue weighted by atomic mass is 79.9. The lowest BCUT2D eigenvalue weighted by Gasteiger charge is -2.10. The molecule has 7 heteroatoms. The van der Waals surface area contributed by atoms with Gasteiger partial charge in [0.25, 0.3) is 5.91 Å². The maximum absolute atomic E-state index is 13.7. The summed E-state index contributed by atoms with van der Waals surface area (Å²) in [7, 11) is 0. The molecule has 0 saturated carbocycles. The van der Waals surface area contributed by atoms with E-state index in [4.69, 9.17) is 17.3 Å². The molecule has 0 radical (unpaired) electrons. The van der Waals surface area contributed by atoms with Crippen LogP contribution in [0.2, 0.25) is 5.02 Å². The number of amides is 1. The van der Waals surface area contributed by atoms with E-state index in [0.717, 1.165) is 12.1 Å². The predicted octanol–water partition coefficient (Wildman–Crippen LogP) is 4.22. The summed E-state index contributed by atoms with van der Waals surface area (Å²) in [6.07, 6.45) is 0. The summed E-state index contributed by atoms with van der Waals surface area (Å²) in [5.74, 6) is -3.04. The molecule has 0 unspecified atom stereocenters. The highest BCUT2D eigenvalue weighted by molar-refractivity contribution is 9.10. The lowest BCUT2D eigenvalue weighted by molar-refractivity contribution is 0.101. The van der Waals surface area contributed by atoms with E-state index in [1.165, 1.54) is 6.07 Å². The van der Waals surface area contributed by atoms with Crippen LogP contribution in [0.4, 0.5) is 20.2 Å². The molecule has 2 aromatic rings. The minimum Gasteiger partial charge on any atom is -0.396 e. The quantitative estimate of drug-likeness (QED) is 0.787. The minimum atomic E-state index is -1.10. The molecule has 3 nitrogen and oxygen atoms in total. The first kappa shape index (κ1) is 14.7. The molecule has 3 N–H and O–H groups in total. The first-order chi connectivity index (χ1) is 9.41. The summed E-state index contributed by atoms with van der Waals surface area (Å²) in [6, 6.07) is 6.71. The van der Waals surface area contributed by atoms with Crippen molar-refractivity contribution in [2.24, 2.45) is 0 Å². The van der Waals surface area contributed by atoms with E-state index in [2.05, 4.69) is 21.2 Å². The molecular weight excluding hydrogens is 354 g/mol. The summed E-state index contributed by atoms with van der Waals surface area (Å²) >= 11 is 9.04. The van der Waals surface area contributed by atoms with Crippen LogP contribution in [0, 0.1) is 11.6 Å². The predicted molar refractivity (Wildman–Crippen MR) is 77.9 cm³/mol. The molecule has 2 rings (SSSR count). The third-order valence-corrected chi connectivity index (χ3v) is 3.95. The van der Waals surface area contributed by atoms with Gasteiger partial charge < -0.3 is 11.1 Å². The number of nitrogens with two attached hydrogens (primary N) is 1. The molecule has 20 heavy (non-hydrogen) atoms. The van der Waals surface area contributed by atoms with Gasteiger partial charge in [0.15, 0.2) is 5.82 Å². The zero-order valence-electron chi connectivity index (χ0n) is 9.88. The Hall–Kier alpha value is -1.66. The second-order valence-electron chi connectivity index (χ2n) is 3.88. The molecule has 0 aliphatic carbocycles. The molecular formula is C13H8BrClF2N2O. The monoisotopic (exact) mass is 360 g/mol. The Morgan fingerprint density at radius 2 is 1.95 bits per heavy atom. The molecule has 0 atom stereocenters. The van der Waals surface area contributed by atoms with Gasteiger partial charge in [0.05, 0.1) is 20.9 Å². The van der Waals surface area contributed by atoms with Crippen molar-refractivity contribution in [3.05, 3.63) is 57.0 Å². The van der Waals surface area contributed by atoms with Gasteiger partial charge in [-0.2, -0.15) is 0 Å². The molecule has 0 aliphatic heterocycles. The first-order valence-corrected chi connectivity index (χ1v) is 6.57. The fraction of sp³-hybridized carbons (Fsp3) is 0. The van der Waals surface area contributed by atoms with E-state index in [1.54, 1.807) is 12.1 Å². The number of carbonyl (C=O) groups is 1. The third kappa shape index (κ3) is 2.76. The van der Waals surface area contributed by atoms with Crippen LogP contribution >= 0.6 is 27.5 Å². The Morgan fingerprint density at radius 1 is 1.25 bits per heavy atom. The Labute approximate surface area is 126 Å². The molecule has 0 bridgehead atoms. The van der Waals surface area contributed by atoms with E-state index in [1.807, 2.05) is 0 Å². The number of halogens is 4. The van der Waals surface area contributed by atoms with Gasteiger partial charge in [0.1, 0.15) is 11.4 Å². The van der Waals surface area contributed by atoms with Gasteiger partial charge in [0.2, 0.25) is 0 Å². The van der Waals surface area contributed by atoms with Crippen LogP contribution < -0.4 is 11.1 Å².